The fourth-order valence-electron chi connectivity index (χ4n) is 2.47. The highest BCUT2D eigenvalue weighted by Gasteiger charge is 2.20. The van der Waals surface area contributed by atoms with E-state index in [1.54, 1.807) is 36.5 Å². The summed E-state index contributed by atoms with van der Waals surface area (Å²) in [4.78, 5) is 33.3. The fourth-order valence-corrected chi connectivity index (χ4v) is 4.35. The number of rotatable bonds is 5. The number of nitro benzene ring substituents is 1. The first kappa shape index (κ1) is 20.0. The fraction of sp³-hybridized carbons (Fsp3) is 0.211. The van der Waals surface area contributed by atoms with Crippen LogP contribution in [0.2, 0.25) is 0 Å². The summed E-state index contributed by atoms with van der Waals surface area (Å²) < 4.78 is 2.12. The molecule has 0 aliphatic rings. The Morgan fingerprint density at radius 1 is 1.32 bits per heavy atom. The Balaban J connectivity index is 2.01. The topological polar surface area (TPSA) is 90.4 Å². The van der Waals surface area contributed by atoms with E-state index in [9.17, 15) is 14.9 Å². The summed E-state index contributed by atoms with van der Waals surface area (Å²) in [7, 11) is 0. The molecule has 1 aromatic carbocycles. The monoisotopic (exact) mass is 414 g/mol. The number of aryl methyl sites for hydroxylation is 1. The number of aromatic nitrogens is 2. The standard InChI is InChI=1S/C19H18N4O3S2/c1-12(2)20-17-6-4-5-9-22(17)18(24)14-7-8-16(15(10-14)23(25)26)28-19-21-13(3)11-27-19/h4-12H,1-3H3. The van der Waals surface area contributed by atoms with Crippen LogP contribution < -0.4 is 5.49 Å². The second-order valence-corrected chi connectivity index (χ2v) is 8.40. The van der Waals surface area contributed by atoms with Gasteiger partial charge < -0.3 is 0 Å². The van der Waals surface area contributed by atoms with E-state index in [4.69, 9.17) is 0 Å². The number of thiazole rings is 1. The van der Waals surface area contributed by atoms with E-state index in [1.807, 2.05) is 26.2 Å². The van der Waals surface area contributed by atoms with Gasteiger partial charge in [0.25, 0.3) is 11.6 Å². The van der Waals surface area contributed by atoms with E-state index in [0.29, 0.717) is 10.4 Å². The highest BCUT2D eigenvalue weighted by molar-refractivity contribution is 8.01. The van der Waals surface area contributed by atoms with Gasteiger partial charge in [0.05, 0.1) is 9.82 Å². The van der Waals surface area contributed by atoms with Crippen LogP contribution >= 0.6 is 23.1 Å². The summed E-state index contributed by atoms with van der Waals surface area (Å²) in [5.74, 6) is -0.371. The van der Waals surface area contributed by atoms with Crippen LogP contribution in [0.3, 0.4) is 0 Å². The molecule has 9 heteroatoms. The first-order valence-corrected chi connectivity index (χ1v) is 10.2. The van der Waals surface area contributed by atoms with E-state index >= 15 is 0 Å². The van der Waals surface area contributed by atoms with Crippen LogP contribution in [0, 0.1) is 17.0 Å². The van der Waals surface area contributed by atoms with Crippen molar-refractivity contribution in [2.24, 2.45) is 4.99 Å². The lowest BCUT2D eigenvalue weighted by Gasteiger charge is -2.08. The van der Waals surface area contributed by atoms with Gasteiger partial charge in [-0.2, -0.15) is 0 Å². The quantitative estimate of drug-likeness (QED) is 0.458. The summed E-state index contributed by atoms with van der Waals surface area (Å²) in [6, 6.07) is 9.76. The minimum absolute atomic E-state index is 0.0105. The number of carbonyl (C=O) groups excluding carboxylic acids is 1. The molecule has 0 fully saturated rings. The zero-order valence-electron chi connectivity index (χ0n) is 15.5. The van der Waals surface area contributed by atoms with Crippen molar-refractivity contribution in [3.63, 3.8) is 0 Å². The molecule has 0 atom stereocenters. The molecular formula is C19H18N4O3S2. The molecule has 3 rings (SSSR count). The van der Waals surface area contributed by atoms with Gasteiger partial charge in [-0.15, -0.1) is 11.3 Å². The smallest absolute Gasteiger partial charge is 0.268 e. The van der Waals surface area contributed by atoms with E-state index in [-0.39, 0.29) is 23.2 Å². The molecule has 7 nitrogen and oxygen atoms in total. The first-order valence-electron chi connectivity index (χ1n) is 8.50. The maximum absolute atomic E-state index is 13.0. The van der Waals surface area contributed by atoms with Crippen molar-refractivity contribution < 1.29 is 9.72 Å². The summed E-state index contributed by atoms with van der Waals surface area (Å²) >= 11 is 2.65. The lowest BCUT2D eigenvalue weighted by molar-refractivity contribution is -0.387. The van der Waals surface area contributed by atoms with Gasteiger partial charge in [0.15, 0.2) is 4.34 Å². The highest BCUT2D eigenvalue weighted by atomic mass is 32.2. The molecule has 0 N–H and O–H groups in total. The Morgan fingerprint density at radius 3 is 2.75 bits per heavy atom. The van der Waals surface area contributed by atoms with E-state index in [0.717, 1.165) is 10.0 Å². The molecular weight excluding hydrogens is 396 g/mol. The lowest BCUT2D eigenvalue weighted by Crippen LogP contribution is -2.28. The molecule has 0 unspecified atom stereocenters. The Hall–Kier alpha value is -2.78. The zero-order valence-corrected chi connectivity index (χ0v) is 17.2. The average molecular weight is 415 g/mol. The Bertz CT molecular complexity index is 1100. The van der Waals surface area contributed by atoms with Crippen LogP contribution in [-0.4, -0.2) is 26.4 Å². The van der Waals surface area contributed by atoms with Gasteiger partial charge in [0.1, 0.15) is 5.49 Å². The number of nitro groups is 1. The predicted octanol–water partition coefficient (Wildman–Crippen LogP) is 4.31. The van der Waals surface area contributed by atoms with Crippen molar-refractivity contribution in [1.29, 1.82) is 0 Å². The number of benzene rings is 1. The van der Waals surface area contributed by atoms with Gasteiger partial charge in [-0.3, -0.25) is 24.5 Å². The largest absolute Gasteiger partial charge is 0.284 e. The van der Waals surface area contributed by atoms with Crippen LogP contribution in [0.5, 0.6) is 0 Å². The van der Waals surface area contributed by atoms with Crippen molar-refractivity contribution in [2.75, 3.05) is 0 Å². The number of hydrogen-bond donors (Lipinski definition) is 0. The molecule has 0 amide bonds. The predicted molar refractivity (Wildman–Crippen MR) is 109 cm³/mol. The van der Waals surface area contributed by atoms with Gasteiger partial charge in [0.2, 0.25) is 0 Å². The van der Waals surface area contributed by atoms with Crippen molar-refractivity contribution in [3.8, 4) is 0 Å². The molecule has 0 aliphatic carbocycles. The third-order valence-electron chi connectivity index (χ3n) is 3.65. The van der Waals surface area contributed by atoms with Gasteiger partial charge in [-0.1, -0.05) is 17.8 Å². The van der Waals surface area contributed by atoms with Crippen molar-refractivity contribution in [2.45, 2.75) is 36.0 Å². The molecule has 2 aromatic heterocycles. The summed E-state index contributed by atoms with van der Waals surface area (Å²) in [6.45, 7) is 5.70. The third-order valence-corrected chi connectivity index (χ3v) is 5.77. The third kappa shape index (κ3) is 4.55. The maximum Gasteiger partial charge on any atom is 0.284 e. The second kappa shape index (κ2) is 8.49. The molecule has 0 bridgehead atoms. The van der Waals surface area contributed by atoms with Crippen LogP contribution in [0.25, 0.3) is 0 Å². The maximum atomic E-state index is 13.0. The number of hydrogen-bond acceptors (Lipinski definition) is 7. The van der Waals surface area contributed by atoms with Crippen LogP contribution in [0.15, 0.2) is 62.2 Å². The zero-order chi connectivity index (χ0) is 20.3. The molecule has 28 heavy (non-hydrogen) atoms. The van der Waals surface area contributed by atoms with Gasteiger partial charge in [0, 0.05) is 34.9 Å². The van der Waals surface area contributed by atoms with Crippen molar-refractivity contribution in [1.82, 2.24) is 9.55 Å². The number of nitrogens with zero attached hydrogens (tertiary/aromatic N) is 4. The molecule has 0 spiro atoms. The molecule has 3 aromatic rings. The molecule has 0 radical (unpaired) electrons. The summed E-state index contributed by atoms with van der Waals surface area (Å²) in [5.41, 5.74) is 1.47. The van der Waals surface area contributed by atoms with Crippen molar-refractivity contribution >= 4 is 34.7 Å². The average Bonchev–Trinajstić information content (AvgIpc) is 3.06. The van der Waals surface area contributed by atoms with Gasteiger partial charge in [-0.05, 0) is 45.0 Å². The summed E-state index contributed by atoms with van der Waals surface area (Å²) in [6.07, 6.45) is 1.61. The minimum Gasteiger partial charge on any atom is -0.268 e. The van der Waals surface area contributed by atoms with E-state index in [2.05, 4.69) is 9.98 Å². The van der Waals surface area contributed by atoms with Gasteiger partial charge >= 0.3 is 0 Å². The number of carbonyl (C=O) groups is 1. The highest BCUT2D eigenvalue weighted by Crippen LogP contribution is 2.36. The molecule has 2 heterocycles. The molecule has 144 valence electrons. The first-order chi connectivity index (χ1) is 13.3. The molecule has 0 aliphatic heterocycles. The second-order valence-electron chi connectivity index (χ2n) is 6.25. The Labute approximate surface area is 169 Å². The Morgan fingerprint density at radius 2 is 2.11 bits per heavy atom. The molecule has 0 saturated heterocycles. The number of pyridine rings is 1. The summed E-state index contributed by atoms with van der Waals surface area (Å²) in [5, 5.41) is 13.5. The van der Waals surface area contributed by atoms with Crippen LogP contribution in [0.4, 0.5) is 5.69 Å². The van der Waals surface area contributed by atoms with E-state index < -0.39 is 4.92 Å². The lowest BCUT2D eigenvalue weighted by atomic mass is 10.2. The SMILES string of the molecule is Cc1csc(Sc2ccc(C(=O)n3ccccc3=NC(C)C)cc2[N+](=O)[O-])n1. The normalized spacial score (nSPS) is 11.8. The van der Waals surface area contributed by atoms with Crippen LogP contribution in [-0.2, 0) is 0 Å². The van der Waals surface area contributed by atoms with Crippen molar-refractivity contribution in [3.05, 3.63) is 74.8 Å². The van der Waals surface area contributed by atoms with Gasteiger partial charge in [-0.25, -0.2) is 4.98 Å². The molecule has 0 saturated carbocycles. The van der Waals surface area contributed by atoms with Crippen LogP contribution in [0.1, 0.15) is 29.9 Å². The Kier molecular flexibility index (Phi) is 6.05. The van der Waals surface area contributed by atoms with E-state index in [1.165, 1.54) is 33.7 Å². The minimum atomic E-state index is -0.478.